The molecular weight excluding hydrogens is 388 g/mol. The average molecular weight is 402 g/mol. The van der Waals surface area contributed by atoms with Crippen LogP contribution in [0.1, 0.15) is 27.7 Å². The Kier molecular flexibility index (Phi) is 5.18. The number of aromatic hydroxyl groups is 1. The maximum Gasteiger partial charge on any atom is 0.348 e. The van der Waals surface area contributed by atoms with Crippen molar-refractivity contribution >= 4 is 39.4 Å². The van der Waals surface area contributed by atoms with E-state index in [9.17, 15) is 24.8 Å². The lowest BCUT2D eigenvalue weighted by Crippen LogP contribution is -2.17. The van der Waals surface area contributed by atoms with Gasteiger partial charge in [0.25, 0.3) is 5.56 Å². The molecule has 3 rings (SSSR count). The van der Waals surface area contributed by atoms with E-state index in [0.29, 0.717) is 15.3 Å². The van der Waals surface area contributed by atoms with Crippen LogP contribution < -0.4 is 5.56 Å². The molecule has 0 aliphatic carbocycles. The van der Waals surface area contributed by atoms with Gasteiger partial charge in [0.15, 0.2) is 0 Å². The Balaban J connectivity index is 2.05. The molecule has 11 heteroatoms. The number of benzene rings is 1. The molecule has 10 nitrogen and oxygen atoms in total. The highest BCUT2D eigenvalue weighted by molar-refractivity contribution is 7.20. The number of esters is 1. The van der Waals surface area contributed by atoms with Crippen LogP contribution in [0.15, 0.2) is 34.4 Å². The fraction of sp³-hybridized carbons (Fsp3) is 0.176. The minimum atomic E-state index is -0.724. The van der Waals surface area contributed by atoms with Crippen molar-refractivity contribution in [1.29, 1.82) is 0 Å². The molecule has 0 atom stereocenters. The summed E-state index contributed by atoms with van der Waals surface area (Å²) >= 11 is 1.05. The first-order chi connectivity index (χ1) is 13.3. The highest BCUT2D eigenvalue weighted by Crippen LogP contribution is 2.29. The third-order valence-electron chi connectivity index (χ3n) is 3.86. The summed E-state index contributed by atoms with van der Waals surface area (Å²) < 4.78 is 5.91. The first-order valence-corrected chi connectivity index (χ1v) is 8.85. The highest BCUT2D eigenvalue weighted by atomic mass is 32.1. The number of carbonyl (C=O) groups excluding carboxylic acids is 1. The summed E-state index contributed by atoms with van der Waals surface area (Å²) in [4.78, 5) is 39.7. The number of rotatable bonds is 5. The van der Waals surface area contributed by atoms with E-state index in [2.05, 4.69) is 10.1 Å². The number of ether oxygens (including phenoxy) is 1. The minimum absolute atomic E-state index is 0.0652. The molecule has 0 unspecified atom stereocenters. The normalized spacial score (nSPS) is 11.2. The van der Waals surface area contributed by atoms with Gasteiger partial charge in [-0.1, -0.05) is 6.07 Å². The summed E-state index contributed by atoms with van der Waals surface area (Å²) in [7, 11) is 0. The molecule has 1 N–H and O–H groups in total. The fourth-order valence-electron chi connectivity index (χ4n) is 2.51. The van der Waals surface area contributed by atoms with Gasteiger partial charge in [0.1, 0.15) is 16.0 Å². The number of carbonyl (C=O) groups is 1. The third-order valence-corrected chi connectivity index (χ3v) is 5.04. The number of nitro groups is 1. The second-order valence-corrected chi connectivity index (χ2v) is 6.57. The number of aromatic nitrogens is 2. The maximum atomic E-state index is 12.7. The molecule has 0 spiro atoms. The molecule has 2 heterocycles. The smallest absolute Gasteiger partial charge is 0.348 e. The van der Waals surface area contributed by atoms with Gasteiger partial charge in [0.05, 0.1) is 23.1 Å². The minimum Gasteiger partial charge on any atom is -0.502 e. The lowest BCUT2D eigenvalue weighted by molar-refractivity contribution is -0.385. The molecule has 0 aliphatic heterocycles. The van der Waals surface area contributed by atoms with Gasteiger partial charge in [-0.2, -0.15) is 9.78 Å². The Morgan fingerprint density at radius 2 is 2.25 bits per heavy atom. The standard InChI is InChI=1S/C17H14N4O6S/c1-3-27-17(24)14-9(2)12-15(28-14)18-8-20(16(12)23)19-7-10-5-4-6-11(13(10)22)21(25)26/h4-8,22H,3H2,1-2H3/b19-7+. The van der Waals surface area contributed by atoms with E-state index in [1.807, 2.05) is 0 Å². The van der Waals surface area contributed by atoms with Crippen LogP contribution in [0.3, 0.4) is 0 Å². The number of hydrogen-bond donors (Lipinski definition) is 1. The summed E-state index contributed by atoms with van der Waals surface area (Å²) in [6.07, 6.45) is 2.28. The molecule has 0 saturated heterocycles. The van der Waals surface area contributed by atoms with Crippen LogP contribution in [0, 0.1) is 17.0 Å². The third kappa shape index (κ3) is 3.34. The van der Waals surface area contributed by atoms with E-state index >= 15 is 0 Å². The van der Waals surface area contributed by atoms with Crippen molar-refractivity contribution in [1.82, 2.24) is 9.66 Å². The molecule has 1 aromatic carbocycles. The van der Waals surface area contributed by atoms with Crippen LogP contribution in [0.25, 0.3) is 10.2 Å². The van der Waals surface area contributed by atoms with Crippen molar-refractivity contribution in [2.75, 3.05) is 6.61 Å². The number of phenolic OH excluding ortho intramolecular Hbond substituents is 1. The zero-order chi connectivity index (χ0) is 20.4. The molecule has 0 fully saturated rings. The van der Waals surface area contributed by atoms with Crippen LogP contribution in [0.4, 0.5) is 5.69 Å². The molecule has 0 bridgehead atoms. The van der Waals surface area contributed by atoms with E-state index < -0.39 is 27.9 Å². The van der Waals surface area contributed by atoms with Gasteiger partial charge in [0, 0.05) is 11.6 Å². The average Bonchev–Trinajstić information content (AvgIpc) is 2.99. The van der Waals surface area contributed by atoms with Gasteiger partial charge in [-0.3, -0.25) is 14.9 Å². The summed E-state index contributed by atoms with van der Waals surface area (Å²) in [5.74, 6) is -1.09. The molecule has 28 heavy (non-hydrogen) atoms. The molecule has 0 aliphatic rings. The SMILES string of the molecule is CCOC(=O)c1sc2ncn(/N=C/c3cccc([N+](=O)[O-])c3O)c(=O)c2c1C. The molecule has 0 radical (unpaired) electrons. The largest absolute Gasteiger partial charge is 0.502 e. The lowest BCUT2D eigenvalue weighted by atomic mass is 10.2. The van der Waals surface area contributed by atoms with E-state index in [0.717, 1.165) is 28.3 Å². The number of aryl methyl sites for hydroxylation is 1. The lowest BCUT2D eigenvalue weighted by Gasteiger charge is -2.01. The Morgan fingerprint density at radius 3 is 2.93 bits per heavy atom. The second kappa shape index (κ2) is 7.56. The van der Waals surface area contributed by atoms with Crippen molar-refractivity contribution in [2.45, 2.75) is 13.8 Å². The van der Waals surface area contributed by atoms with Crippen LogP contribution in [0.5, 0.6) is 5.75 Å². The van der Waals surface area contributed by atoms with Crippen LogP contribution in [0.2, 0.25) is 0 Å². The molecule has 2 aromatic heterocycles. The first kappa shape index (κ1) is 19.2. The zero-order valence-electron chi connectivity index (χ0n) is 14.8. The summed E-state index contributed by atoms with van der Waals surface area (Å²) in [6.45, 7) is 3.51. The second-order valence-electron chi connectivity index (χ2n) is 5.57. The Labute approximate surface area is 161 Å². The van der Waals surface area contributed by atoms with Crippen molar-refractivity contribution in [3.05, 3.63) is 61.0 Å². The highest BCUT2D eigenvalue weighted by Gasteiger charge is 2.20. The maximum absolute atomic E-state index is 12.7. The molecule has 0 amide bonds. The molecular formula is C17H14N4O6S. The predicted octanol–water partition coefficient (Wildman–Crippen LogP) is 2.44. The van der Waals surface area contributed by atoms with Crippen molar-refractivity contribution < 1.29 is 19.6 Å². The fourth-order valence-corrected chi connectivity index (χ4v) is 3.55. The summed E-state index contributed by atoms with van der Waals surface area (Å²) in [5.41, 5.74) is -0.484. The van der Waals surface area contributed by atoms with Gasteiger partial charge >= 0.3 is 11.7 Å². The van der Waals surface area contributed by atoms with Crippen molar-refractivity contribution in [3.8, 4) is 5.75 Å². The summed E-state index contributed by atoms with van der Waals surface area (Å²) in [5, 5.41) is 25.0. The Morgan fingerprint density at radius 1 is 1.50 bits per heavy atom. The van der Waals surface area contributed by atoms with E-state index in [1.165, 1.54) is 18.5 Å². The van der Waals surface area contributed by atoms with Crippen LogP contribution >= 0.6 is 11.3 Å². The van der Waals surface area contributed by atoms with Gasteiger partial charge in [-0.15, -0.1) is 11.3 Å². The number of phenols is 1. The number of thiophene rings is 1. The van der Waals surface area contributed by atoms with Crippen molar-refractivity contribution in [3.63, 3.8) is 0 Å². The van der Waals surface area contributed by atoms with Gasteiger partial charge < -0.3 is 9.84 Å². The number of nitro benzene ring substituents is 1. The zero-order valence-corrected chi connectivity index (χ0v) is 15.6. The number of hydrogen-bond acceptors (Lipinski definition) is 9. The molecule has 3 aromatic rings. The first-order valence-electron chi connectivity index (χ1n) is 8.03. The summed E-state index contributed by atoms with van der Waals surface area (Å²) in [6, 6.07) is 3.95. The molecule has 0 saturated carbocycles. The topological polar surface area (TPSA) is 137 Å². The van der Waals surface area contributed by atoms with Gasteiger partial charge in [-0.25, -0.2) is 9.78 Å². The Hall–Kier alpha value is -3.60. The molecule has 144 valence electrons. The Bertz CT molecular complexity index is 1180. The van der Waals surface area contributed by atoms with E-state index in [-0.39, 0.29) is 17.6 Å². The van der Waals surface area contributed by atoms with Gasteiger partial charge in [0.2, 0.25) is 5.75 Å². The van der Waals surface area contributed by atoms with Crippen LogP contribution in [-0.2, 0) is 4.74 Å². The number of para-hydroxylation sites is 1. The quantitative estimate of drug-likeness (QED) is 0.299. The van der Waals surface area contributed by atoms with E-state index in [4.69, 9.17) is 4.74 Å². The predicted molar refractivity (Wildman–Crippen MR) is 102 cm³/mol. The number of fused-ring (bicyclic) bond motifs is 1. The van der Waals surface area contributed by atoms with Gasteiger partial charge in [-0.05, 0) is 25.5 Å². The van der Waals surface area contributed by atoms with E-state index in [1.54, 1.807) is 13.8 Å². The monoisotopic (exact) mass is 402 g/mol. The van der Waals surface area contributed by atoms with Crippen molar-refractivity contribution in [2.24, 2.45) is 5.10 Å². The number of nitrogens with zero attached hydrogens (tertiary/aromatic N) is 4. The van der Waals surface area contributed by atoms with Crippen LogP contribution in [-0.4, -0.2) is 38.5 Å².